The zero-order valence-electron chi connectivity index (χ0n) is 10.3. The highest BCUT2D eigenvalue weighted by molar-refractivity contribution is 14.1. The molecule has 0 saturated heterocycles. The fourth-order valence-electron chi connectivity index (χ4n) is 1.67. The van der Waals surface area contributed by atoms with Crippen molar-refractivity contribution in [2.24, 2.45) is 0 Å². The second-order valence-corrected chi connectivity index (χ2v) is 5.20. The van der Waals surface area contributed by atoms with Gasteiger partial charge in [0.25, 0.3) is 0 Å². The van der Waals surface area contributed by atoms with E-state index in [1.165, 1.54) is 5.56 Å². The summed E-state index contributed by atoms with van der Waals surface area (Å²) in [5, 5.41) is 3.16. The maximum atomic E-state index is 5.85. The number of ether oxygens (including phenoxy) is 1. The Balaban J connectivity index is 2.10. The van der Waals surface area contributed by atoms with E-state index in [-0.39, 0.29) is 0 Å². The van der Waals surface area contributed by atoms with E-state index in [0.29, 0.717) is 0 Å². The molecule has 0 fully saturated rings. The van der Waals surface area contributed by atoms with Gasteiger partial charge in [0, 0.05) is 0 Å². The molecule has 0 bridgehead atoms. The Hall–Kier alpha value is -1.07. The SMILES string of the molecule is CNCCc1ccc(Oc2ccccc2)c(I)c1. The molecule has 94 valence electrons. The first kappa shape index (κ1) is 13.4. The molecule has 0 heterocycles. The number of para-hydroxylation sites is 1. The summed E-state index contributed by atoms with van der Waals surface area (Å²) in [7, 11) is 1.97. The van der Waals surface area contributed by atoms with Crippen LogP contribution in [0.3, 0.4) is 0 Å². The van der Waals surface area contributed by atoms with E-state index < -0.39 is 0 Å². The first-order chi connectivity index (χ1) is 8.79. The molecule has 0 saturated carbocycles. The van der Waals surface area contributed by atoms with E-state index in [4.69, 9.17) is 4.74 Å². The van der Waals surface area contributed by atoms with Crippen LogP contribution in [-0.4, -0.2) is 13.6 Å². The van der Waals surface area contributed by atoms with E-state index in [9.17, 15) is 0 Å². The van der Waals surface area contributed by atoms with Gasteiger partial charge in [-0.15, -0.1) is 0 Å². The molecule has 3 heteroatoms. The largest absolute Gasteiger partial charge is 0.456 e. The Kier molecular flexibility index (Phi) is 5.01. The summed E-state index contributed by atoms with van der Waals surface area (Å²) >= 11 is 2.32. The Bertz CT molecular complexity index is 499. The maximum Gasteiger partial charge on any atom is 0.140 e. The van der Waals surface area contributed by atoms with Crippen LogP contribution in [0.25, 0.3) is 0 Å². The van der Waals surface area contributed by atoms with Crippen LogP contribution >= 0.6 is 22.6 Å². The lowest BCUT2D eigenvalue weighted by Gasteiger charge is -2.09. The summed E-state index contributed by atoms with van der Waals surface area (Å²) in [4.78, 5) is 0. The molecule has 0 atom stereocenters. The molecule has 0 aliphatic rings. The van der Waals surface area contributed by atoms with Gasteiger partial charge < -0.3 is 10.1 Å². The Morgan fingerprint density at radius 3 is 2.56 bits per heavy atom. The summed E-state index contributed by atoms with van der Waals surface area (Å²) < 4.78 is 6.99. The molecule has 18 heavy (non-hydrogen) atoms. The smallest absolute Gasteiger partial charge is 0.140 e. The molecule has 0 aromatic heterocycles. The van der Waals surface area contributed by atoms with Gasteiger partial charge in [0.15, 0.2) is 0 Å². The van der Waals surface area contributed by atoms with Crippen LogP contribution in [0.15, 0.2) is 48.5 Å². The Labute approximate surface area is 122 Å². The number of benzene rings is 2. The highest BCUT2D eigenvalue weighted by Crippen LogP contribution is 2.27. The Morgan fingerprint density at radius 2 is 1.89 bits per heavy atom. The average molecular weight is 353 g/mol. The van der Waals surface area contributed by atoms with E-state index in [1.807, 2.05) is 43.4 Å². The van der Waals surface area contributed by atoms with Crippen LogP contribution in [-0.2, 0) is 6.42 Å². The number of hydrogen-bond acceptors (Lipinski definition) is 2. The second-order valence-electron chi connectivity index (χ2n) is 4.03. The fourth-order valence-corrected chi connectivity index (χ4v) is 2.36. The Morgan fingerprint density at radius 1 is 1.11 bits per heavy atom. The highest BCUT2D eigenvalue weighted by atomic mass is 127. The highest BCUT2D eigenvalue weighted by Gasteiger charge is 2.03. The van der Waals surface area contributed by atoms with Crippen LogP contribution in [0.5, 0.6) is 11.5 Å². The number of halogens is 1. The summed E-state index contributed by atoms with van der Waals surface area (Å²) in [5.74, 6) is 1.79. The van der Waals surface area contributed by atoms with Crippen LogP contribution in [0.4, 0.5) is 0 Å². The molecular weight excluding hydrogens is 337 g/mol. The van der Waals surface area contributed by atoms with Crippen LogP contribution < -0.4 is 10.1 Å². The number of likely N-dealkylation sites (N-methyl/N-ethyl adjacent to an activating group) is 1. The first-order valence-electron chi connectivity index (χ1n) is 5.95. The minimum atomic E-state index is 0.874. The van der Waals surface area contributed by atoms with Gasteiger partial charge in [-0.05, 0) is 72.4 Å². The van der Waals surface area contributed by atoms with E-state index >= 15 is 0 Å². The zero-order valence-corrected chi connectivity index (χ0v) is 12.5. The molecule has 2 nitrogen and oxygen atoms in total. The molecule has 0 radical (unpaired) electrons. The summed E-state index contributed by atoms with van der Waals surface area (Å²) in [6.45, 7) is 0.995. The van der Waals surface area contributed by atoms with Crippen molar-refractivity contribution in [2.75, 3.05) is 13.6 Å². The molecule has 1 N–H and O–H groups in total. The van der Waals surface area contributed by atoms with Gasteiger partial charge in [-0.3, -0.25) is 0 Å². The molecule has 2 aromatic rings. The zero-order chi connectivity index (χ0) is 12.8. The average Bonchev–Trinajstić information content (AvgIpc) is 2.40. The minimum Gasteiger partial charge on any atom is -0.456 e. The normalized spacial score (nSPS) is 10.3. The number of nitrogens with one attached hydrogen (secondary N) is 1. The predicted octanol–water partition coefficient (Wildman–Crippen LogP) is 3.85. The van der Waals surface area contributed by atoms with Gasteiger partial charge in [-0.2, -0.15) is 0 Å². The third-order valence-electron chi connectivity index (χ3n) is 2.63. The summed E-state index contributed by atoms with van der Waals surface area (Å²) in [6, 6.07) is 16.2. The molecule has 0 unspecified atom stereocenters. The predicted molar refractivity (Wildman–Crippen MR) is 83.3 cm³/mol. The van der Waals surface area contributed by atoms with Crippen molar-refractivity contribution < 1.29 is 4.74 Å². The minimum absolute atomic E-state index is 0.874. The van der Waals surface area contributed by atoms with Gasteiger partial charge in [-0.25, -0.2) is 0 Å². The first-order valence-corrected chi connectivity index (χ1v) is 7.03. The lowest BCUT2D eigenvalue weighted by molar-refractivity contribution is 0.479. The van der Waals surface area contributed by atoms with Gasteiger partial charge in [0.05, 0.1) is 3.57 Å². The van der Waals surface area contributed by atoms with Crippen LogP contribution in [0.1, 0.15) is 5.56 Å². The molecular formula is C15H16INO. The van der Waals surface area contributed by atoms with Crippen molar-refractivity contribution in [2.45, 2.75) is 6.42 Å². The lowest BCUT2D eigenvalue weighted by Crippen LogP contribution is -2.10. The van der Waals surface area contributed by atoms with Gasteiger partial charge in [0.2, 0.25) is 0 Å². The molecule has 2 rings (SSSR count). The maximum absolute atomic E-state index is 5.85. The molecule has 2 aromatic carbocycles. The third kappa shape index (κ3) is 3.71. The van der Waals surface area contributed by atoms with Gasteiger partial charge in [0.1, 0.15) is 11.5 Å². The quantitative estimate of drug-likeness (QED) is 0.825. The van der Waals surface area contributed by atoms with Gasteiger partial charge in [-0.1, -0.05) is 24.3 Å². The van der Waals surface area contributed by atoms with E-state index in [0.717, 1.165) is 28.0 Å². The topological polar surface area (TPSA) is 21.3 Å². The number of hydrogen-bond donors (Lipinski definition) is 1. The van der Waals surface area contributed by atoms with Crippen molar-refractivity contribution >= 4 is 22.6 Å². The summed E-state index contributed by atoms with van der Waals surface area (Å²) in [6.07, 6.45) is 1.04. The standard InChI is InChI=1S/C15H16INO/c1-17-10-9-12-7-8-15(14(16)11-12)18-13-5-3-2-4-6-13/h2-8,11,17H,9-10H2,1H3. The van der Waals surface area contributed by atoms with Crippen LogP contribution in [0.2, 0.25) is 0 Å². The summed E-state index contributed by atoms with van der Waals surface area (Å²) in [5.41, 5.74) is 1.33. The van der Waals surface area contributed by atoms with E-state index in [1.54, 1.807) is 0 Å². The molecule has 0 aliphatic carbocycles. The van der Waals surface area contributed by atoms with Crippen molar-refractivity contribution in [3.05, 3.63) is 57.7 Å². The van der Waals surface area contributed by atoms with Crippen LogP contribution in [0, 0.1) is 3.57 Å². The monoisotopic (exact) mass is 353 g/mol. The second kappa shape index (κ2) is 6.75. The van der Waals surface area contributed by atoms with Crippen molar-refractivity contribution in [1.82, 2.24) is 5.32 Å². The number of rotatable bonds is 5. The third-order valence-corrected chi connectivity index (χ3v) is 3.47. The molecule has 0 aliphatic heterocycles. The molecule has 0 amide bonds. The van der Waals surface area contributed by atoms with E-state index in [2.05, 4.69) is 40.0 Å². The fraction of sp³-hybridized carbons (Fsp3) is 0.200. The lowest BCUT2D eigenvalue weighted by atomic mass is 10.1. The van der Waals surface area contributed by atoms with Crippen molar-refractivity contribution in [3.8, 4) is 11.5 Å². The van der Waals surface area contributed by atoms with Gasteiger partial charge >= 0.3 is 0 Å². The van der Waals surface area contributed by atoms with Crippen molar-refractivity contribution in [3.63, 3.8) is 0 Å². The molecule has 0 spiro atoms. The van der Waals surface area contributed by atoms with Crippen molar-refractivity contribution in [1.29, 1.82) is 0 Å².